The van der Waals surface area contributed by atoms with E-state index in [2.05, 4.69) is 26.2 Å². The molecule has 4 nitrogen and oxygen atoms in total. The summed E-state index contributed by atoms with van der Waals surface area (Å²) in [5.41, 5.74) is 1.75. The van der Waals surface area contributed by atoms with Crippen molar-refractivity contribution >= 4 is 15.9 Å². The molecular formula is C15H12BrN3O. The highest BCUT2D eigenvalue weighted by Crippen LogP contribution is 2.14. The molecule has 1 heterocycles. The van der Waals surface area contributed by atoms with E-state index in [1.54, 1.807) is 4.68 Å². The Kier molecular flexibility index (Phi) is 3.78. The quantitative estimate of drug-likeness (QED) is 0.734. The highest BCUT2D eigenvalue weighted by Gasteiger charge is 2.03. The first-order valence-electron chi connectivity index (χ1n) is 6.16. The summed E-state index contributed by atoms with van der Waals surface area (Å²) >= 11 is 3.41. The van der Waals surface area contributed by atoms with Gasteiger partial charge in [0, 0.05) is 4.47 Å². The number of nitrogens with zero attached hydrogens (tertiary/aromatic N) is 3. The molecule has 0 unspecified atom stereocenters. The van der Waals surface area contributed by atoms with Crippen LogP contribution in [0.15, 0.2) is 65.3 Å². The Morgan fingerprint density at radius 2 is 1.75 bits per heavy atom. The molecule has 0 aliphatic rings. The fourth-order valence-electron chi connectivity index (χ4n) is 1.76. The fraction of sp³-hybridized carbons (Fsp3) is 0.0667. The van der Waals surface area contributed by atoms with Gasteiger partial charge in [-0.25, -0.2) is 4.68 Å². The third kappa shape index (κ3) is 3.05. The lowest BCUT2D eigenvalue weighted by atomic mass is 10.3. The summed E-state index contributed by atoms with van der Waals surface area (Å²) in [5.74, 6) is 0.825. The maximum absolute atomic E-state index is 5.64. The van der Waals surface area contributed by atoms with Crippen molar-refractivity contribution in [2.45, 2.75) is 6.61 Å². The van der Waals surface area contributed by atoms with Crippen molar-refractivity contribution in [1.29, 1.82) is 0 Å². The second-order valence-corrected chi connectivity index (χ2v) is 5.15. The number of halogens is 1. The Hall–Kier alpha value is -2.14. The zero-order valence-electron chi connectivity index (χ0n) is 10.6. The Morgan fingerprint density at radius 3 is 2.50 bits per heavy atom. The third-order valence-corrected chi connectivity index (χ3v) is 3.29. The molecule has 5 heteroatoms. The van der Waals surface area contributed by atoms with Gasteiger partial charge in [0.25, 0.3) is 0 Å². The molecule has 0 amide bonds. The van der Waals surface area contributed by atoms with Crippen LogP contribution >= 0.6 is 15.9 Å². The monoisotopic (exact) mass is 329 g/mol. The molecule has 0 aliphatic heterocycles. The molecule has 2 aromatic carbocycles. The standard InChI is InChI=1S/C15H12BrN3O/c16-12-6-8-14(9-7-12)19-10-13(17-18-19)11-20-15-4-2-1-3-5-15/h1-10H,11H2. The largest absolute Gasteiger partial charge is 0.487 e. The zero-order valence-corrected chi connectivity index (χ0v) is 12.2. The summed E-state index contributed by atoms with van der Waals surface area (Å²) in [4.78, 5) is 0. The molecule has 0 spiro atoms. The van der Waals surface area contributed by atoms with Crippen molar-refractivity contribution < 1.29 is 4.74 Å². The van der Waals surface area contributed by atoms with Crippen LogP contribution in [0.4, 0.5) is 0 Å². The minimum absolute atomic E-state index is 0.403. The predicted molar refractivity (Wildman–Crippen MR) is 79.8 cm³/mol. The number of hydrogen-bond acceptors (Lipinski definition) is 3. The molecule has 0 N–H and O–H groups in total. The Morgan fingerprint density at radius 1 is 1.00 bits per heavy atom. The van der Waals surface area contributed by atoms with E-state index in [1.165, 1.54) is 0 Å². The molecule has 20 heavy (non-hydrogen) atoms. The molecular weight excluding hydrogens is 318 g/mol. The second kappa shape index (κ2) is 5.88. The number of hydrogen-bond donors (Lipinski definition) is 0. The maximum Gasteiger partial charge on any atom is 0.134 e. The summed E-state index contributed by atoms with van der Waals surface area (Å²) in [7, 11) is 0. The lowest BCUT2D eigenvalue weighted by molar-refractivity contribution is 0.301. The van der Waals surface area contributed by atoms with E-state index in [0.717, 1.165) is 21.6 Å². The smallest absolute Gasteiger partial charge is 0.134 e. The van der Waals surface area contributed by atoms with Gasteiger partial charge in [-0.1, -0.05) is 39.3 Å². The van der Waals surface area contributed by atoms with Crippen LogP contribution in [-0.4, -0.2) is 15.0 Å². The van der Waals surface area contributed by atoms with Gasteiger partial charge in [0.2, 0.25) is 0 Å². The molecule has 1 aromatic heterocycles. The van der Waals surface area contributed by atoms with Gasteiger partial charge < -0.3 is 4.74 Å². The van der Waals surface area contributed by atoms with E-state index >= 15 is 0 Å². The highest BCUT2D eigenvalue weighted by atomic mass is 79.9. The minimum Gasteiger partial charge on any atom is -0.487 e. The van der Waals surface area contributed by atoms with Gasteiger partial charge in [-0.15, -0.1) is 5.10 Å². The van der Waals surface area contributed by atoms with E-state index in [9.17, 15) is 0 Å². The molecule has 100 valence electrons. The first-order chi connectivity index (χ1) is 9.81. The molecule has 0 atom stereocenters. The molecule has 0 saturated carbocycles. The van der Waals surface area contributed by atoms with Gasteiger partial charge >= 0.3 is 0 Å². The van der Waals surface area contributed by atoms with Gasteiger partial charge in [-0.2, -0.15) is 0 Å². The fourth-order valence-corrected chi connectivity index (χ4v) is 2.02. The van der Waals surface area contributed by atoms with Crippen molar-refractivity contribution in [3.63, 3.8) is 0 Å². The Balaban J connectivity index is 1.69. The molecule has 0 saturated heterocycles. The van der Waals surface area contributed by atoms with Crippen LogP contribution in [0.2, 0.25) is 0 Å². The van der Waals surface area contributed by atoms with Gasteiger partial charge in [0.1, 0.15) is 18.1 Å². The second-order valence-electron chi connectivity index (χ2n) is 4.23. The van der Waals surface area contributed by atoms with E-state index in [4.69, 9.17) is 4.74 Å². The van der Waals surface area contributed by atoms with Crippen LogP contribution in [0, 0.1) is 0 Å². The number of para-hydroxylation sites is 1. The summed E-state index contributed by atoms with van der Waals surface area (Å²) in [6, 6.07) is 17.5. The molecule has 3 rings (SSSR count). The number of benzene rings is 2. The van der Waals surface area contributed by atoms with Crippen molar-refractivity contribution in [1.82, 2.24) is 15.0 Å². The lowest BCUT2D eigenvalue weighted by Gasteiger charge is -2.02. The lowest BCUT2D eigenvalue weighted by Crippen LogP contribution is -1.95. The zero-order chi connectivity index (χ0) is 13.8. The summed E-state index contributed by atoms with van der Waals surface area (Å²) in [6.07, 6.45) is 1.87. The molecule has 0 fully saturated rings. The van der Waals surface area contributed by atoms with Crippen LogP contribution in [0.3, 0.4) is 0 Å². The minimum atomic E-state index is 0.403. The maximum atomic E-state index is 5.64. The average Bonchev–Trinajstić information content (AvgIpc) is 2.96. The molecule has 0 aliphatic carbocycles. The van der Waals surface area contributed by atoms with Gasteiger partial charge in [-0.3, -0.25) is 0 Å². The van der Waals surface area contributed by atoms with Crippen LogP contribution in [-0.2, 0) is 6.61 Å². The highest BCUT2D eigenvalue weighted by molar-refractivity contribution is 9.10. The van der Waals surface area contributed by atoms with Crippen molar-refractivity contribution in [3.8, 4) is 11.4 Å². The van der Waals surface area contributed by atoms with Gasteiger partial charge in [0.05, 0.1) is 11.9 Å². The van der Waals surface area contributed by atoms with Crippen LogP contribution in [0.5, 0.6) is 5.75 Å². The summed E-state index contributed by atoms with van der Waals surface area (Å²) in [5, 5.41) is 8.21. The van der Waals surface area contributed by atoms with Crippen molar-refractivity contribution in [2.75, 3.05) is 0 Å². The van der Waals surface area contributed by atoms with E-state index in [1.807, 2.05) is 60.8 Å². The SMILES string of the molecule is Brc1ccc(-n2cc(COc3ccccc3)nn2)cc1. The topological polar surface area (TPSA) is 39.9 Å². The number of aromatic nitrogens is 3. The molecule has 0 radical (unpaired) electrons. The van der Waals surface area contributed by atoms with E-state index in [-0.39, 0.29) is 0 Å². The molecule has 3 aromatic rings. The average molecular weight is 330 g/mol. The predicted octanol–water partition coefficient (Wildman–Crippen LogP) is 3.61. The van der Waals surface area contributed by atoms with Crippen molar-refractivity contribution in [3.05, 3.63) is 71.0 Å². The van der Waals surface area contributed by atoms with Crippen molar-refractivity contribution in [2.24, 2.45) is 0 Å². The third-order valence-electron chi connectivity index (χ3n) is 2.76. The summed E-state index contributed by atoms with van der Waals surface area (Å²) < 4.78 is 8.41. The Labute approximate surface area is 125 Å². The Bertz CT molecular complexity index is 680. The van der Waals surface area contributed by atoms with Crippen LogP contribution in [0.1, 0.15) is 5.69 Å². The first-order valence-corrected chi connectivity index (χ1v) is 6.95. The molecule has 0 bridgehead atoms. The first kappa shape index (κ1) is 12.9. The number of ether oxygens (including phenoxy) is 1. The van der Waals surface area contributed by atoms with E-state index in [0.29, 0.717) is 6.61 Å². The van der Waals surface area contributed by atoms with Crippen LogP contribution in [0.25, 0.3) is 5.69 Å². The van der Waals surface area contributed by atoms with Gasteiger partial charge in [0.15, 0.2) is 0 Å². The van der Waals surface area contributed by atoms with E-state index < -0.39 is 0 Å². The number of rotatable bonds is 4. The van der Waals surface area contributed by atoms with Gasteiger partial charge in [-0.05, 0) is 36.4 Å². The van der Waals surface area contributed by atoms with Crippen LogP contribution < -0.4 is 4.74 Å². The summed E-state index contributed by atoms with van der Waals surface area (Å²) in [6.45, 7) is 0.403. The normalized spacial score (nSPS) is 10.4.